The normalized spacial score (nSPS) is 20.3. The van der Waals surface area contributed by atoms with Gasteiger partial charge in [0.05, 0.1) is 5.69 Å². The third kappa shape index (κ3) is 3.73. The summed E-state index contributed by atoms with van der Waals surface area (Å²) in [6.07, 6.45) is 6.42. The van der Waals surface area contributed by atoms with Crippen LogP contribution in [0, 0.1) is 5.82 Å². The van der Waals surface area contributed by atoms with Crippen molar-refractivity contribution in [3.8, 4) is 11.3 Å². The van der Waals surface area contributed by atoms with Gasteiger partial charge in [-0.3, -0.25) is 0 Å². The van der Waals surface area contributed by atoms with Crippen LogP contribution in [-0.4, -0.2) is 46.0 Å². The number of nitrogens with two attached hydrogens (primary N) is 1. The zero-order valence-electron chi connectivity index (χ0n) is 15.7. The van der Waals surface area contributed by atoms with Crippen molar-refractivity contribution >= 4 is 22.7 Å². The van der Waals surface area contributed by atoms with E-state index in [0.717, 1.165) is 35.1 Å². The molecule has 1 saturated carbocycles. The van der Waals surface area contributed by atoms with E-state index in [1.54, 1.807) is 12.1 Å². The van der Waals surface area contributed by atoms with Crippen LogP contribution in [0.25, 0.3) is 22.3 Å². The molecule has 2 heterocycles. The molecule has 2 aromatic heterocycles. The Bertz CT molecular complexity index is 943. The number of fused-ring (bicyclic) bond motifs is 1. The van der Waals surface area contributed by atoms with Crippen molar-refractivity contribution in [2.75, 3.05) is 25.1 Å². The fourth-order valence-electron chi connectivity index (χ4n) is 3.77. The van der Waals surface area contributed by atoms with Gasteiger partial charge in [0.2, 0.25) is 5.95 Å². The van der Waals surface area contributed by atoms with Crippen molar-refractivity contribution in [3.63, 3.8) is 0 Å². The van der Waals surface area contributed by atoms with Crippen LogP contribution in [0.1, 0.15) is 25.7 Å². The van der Waals surface area contributed by atoms with Crippen LogP contribution in [-0.2, 0) is 0 Å². The fourth-order valence-corrected chi connectivity index (χ4v) is 3.77. The van der Waals surface area contributed by atoms with E-state index in [0.29, 0.717) is 18.0 Å². The Labute approximate surface area is 158 Å². The number of hydrogen-bond donors (Lipinski definition) is 3. The van der Waals surface area contributed by atoms with Crippen LogP contribution in [0.4, 0.5) is 16.0 Å². The van der Waals surface area contributed by atoms with Gasteiger partial charge >= 0.3 is 0 Å². The summed E-state index contributed by atoms with van der Waals surface area (Å²) >= 11 is 0. The van der Waals surface area contributed by atoms with Gasteiger partial charge in [0.15, 0.2) is 0 Å². The molecule has 3 aromatic rings. The van der Waals surface area contributed by atoms with Gasteiger partial charge in [-0.1, -0.05) is 0 Å². The first kappa shape index (κ1) is 17.7. The highest BCUT2D eigenvalue weighted by Gasteiger charge is 2.22. The number of nitrogens with zero attached hydrogens (tertiary/aromatic N) is 3. The summed E-state index contributed by atoms with van der Waals surface area (Å²) in [6.45, 7) is 0. The minimum absolute atomic E-state index is 0.132. The Kier molecular flexibility index (Phi) is 4.70. The number of aromatic amines is 1. The maximum atomic E-state index is 13.4. The van der Waals surface area contributed by atoms with Crippen molar-refractivity contribution < 1.29 is 4.39 Å². The molecule has 0 aliphatic heterocycles. The maximum Gasteiger partial charge on any atom is 0.224 e. The monoisotopic (exact) mass is 368 g/mol. The average molecular weight is 368 g/mol. The maximum absolute atomic E-state index is 13.4. The van der Waals surface area contributed by atoms with Crippen LogP contribution >= 0.6 is 0 Å². The molecule has 0 spiro atoms. The van der Waals surface area contributed by atoms with E-state index in [1.807, 2.05) is 12.3 Å². The fraction of sp³-hybridized carbons (Fsp3) is 0.400. The lowest BCUT2D eigenvalue weighted by atomic mass is 9.91. The van der Waals surface area contributed by atoms with Crippen LogP contribution in [0.5, 0.6) is 0 Å². The summed E-state index contributed by atoms with van der Waals surface area (Å²) in [5, 5.41) is 4.38. The second kappa shape index (κ2) is 7.15. The Morgan fingerprint density at radius 3 is 2.67 bits per heavy atom. The van der Waals surface area contributed by atoms with Crippen LogP contribution < -0.4 is 11.1 Å². The molecule has 0 amide bonds. The van der Waals surface area contributed by atoms with Gasteiger partial charge in [0.25, 0.3) is 0 Å². The molecule has 0 radical (unpaired) electrons. The van der Waals surface area contributed by atoms with Gasteiger partial charge in [-0.2, -0.15) is 4.98 Å². The SMILES string of the molecule is CN(C)C1CCC(Nc2ncc3cc(-c4ccc(F)c(N)c4)[nH]c3n2)CC1. The first-order chi connectivity index (χ1) is 13.0. The number of benzene rings is 1. The van der Waals surface area contributed by atoms with Gasteiger partial charge in [0.1, 0.15) is 11.5 Å². The van der Waals surface area contributed by atoms with E-state index >= 15 is 0 Å². The predicted molar refractivity (Wildman–Crippen MR) is 107 cm³/mol. The van der Waals surface area contributed by atoms with E-state index in [4.69, 9.17) is 5.73 Å². The molecule has 6 nitrogen and oxygen atoms in total. The molecule has 1 aliphatic carbocycles. The summed E-state index contributed by atoms with van der Waals surface area (Å²) in [5.41, 5.74) is 8.23. The first-order valence-electron chi connectivity index (χ1n) is 9.34. The van der Waals surface area contributed by atoms with Gasteiger partial charge in [0, 0.05) is 34.9 Å². The number of aromatic nitrogens is 3. The van der Waals surface area contributed by atoms with Crippen LogP contribution in [0.2, 0.25) is 0 Å². The lowest BCUT2D eigenvalue weighted by Gasteiger charge is -2.32. The number of nitrogens with one attached hydrogen (secondary N) is 2. The molecule has 7 heteroatoms. The minimum Gasteiger partial charge on any atom is -0.396 e. The topological polar surface area (TPSA) is 82.9 Å². The van der Waals surface area contributed by atoms with Gasteiger partial charge in [-0.05, 0) is 64.0 Å². The quantitative estimate of drug-likeness (QED) is 0.613. The van der Waals surface area contributed by atoms with E-state index in [9.17, 15) is 4.39 Å². The molecule has 1 aromatic carbocycles. The third-order valence-corrected chi connectivity index (χ3v) is 5.44. The summed E-state index contributed by atoms with van der Waals surface area (Å²) in [5.74, 6) is 0.230. The molecule has 1 fully saturated rings. The van der Waals surface area contributed by atoms with Crippen molar-refractivity contribution in [2.24, 2.45) is 0 Å². The zero-order chi connectivity index (χ0) is 19.0. The van der Waals surface area contributed by atoms with Gasteiger partial charge < -0.3 is 20.9 Å². The smallest absolute Gasteiger partial charge is 0.224 e. The molecular weight excluding hydrogens is 343 g/mol. The lowest BCUT2D eigenvalue weighted by Crippen LogP contribution is -2.36. The first-order valence-corrected chi connectivity index (χ1v) is 9.34. The number of nitrogen functional groups attached to an aromatic ring is 1. The molecule has 142 valence electrons. The van der Waals surface area contributed by atoms with Gasteiger partial charge in [-0.15, -0.1) is 0 Å². The Balaban J connectivity index is 1.50. The van der Waals surface area contributed by atoms with Crippen molar-refractivity contribution in [2.45, 2.75) is 37.8 Å². The van der Waals surface area contributed by atoms with Crippen LogP contribution in [0.3, 0.4) is 0 Å². The summed E-state index contributed by atoms with van der Waals surface area (Å²) in [7, 11) is 4.29. The number of rotatable bonds is 4. The number of hydrogen-bond acceptors (Lipinski definition) is 5. The number of H-pyrrole nitrogens is 1. The second-order valence-corrected chi connectivity index (χ2v) is 7.53. The van der Waals surface area contributed by atoms with E-state index in [2.05, 4.69) is 39.3 Å². The van der Waals surface area contributed by atoms with E-state index in [-0.39, 0.29) is 5.69 Å². The summed E-state index contributed by atoms with van der Waals surface area (Å²) < 4.78 is 13.4. The molecular formula is C20H25FN6. The largest absolute Gasteiger partial charge is 0.396 e. The molecule has 0 bridgehead atoms. The van der Waals surface area contributed by atoms with E-state index < -0.39 is 5.82 Å². The van der Waals surface area contributed by atoms with Crippen molar-refractivity contribution in [3.05, 3.63) is 36.3 Å². The zero-order valence-corrected chi connectivity index (χ0v) is 15.7. The molecule has 1 aliphatic rings. The Morgan fingerprint density at radius 2 is 1.96 bits per heavy atom. The number of anilines is 2. The van der Waals surface area contributed by atoms with Crippen LogP contribution in [0.15, 0.2) is 30.5 Å². The lowest BCUT2D eigenvalue weighted by molar-refractivity contribution is 0.221. The molecule has 27 heavy (non-hydrogen) atoms. The average Bonchev–Trinajstić information content (AvgIpc) is 3.08. The highest BCUT2D eigenvalue weighted by atomic mass is 19.1. The Morgan fingerprint density at radius 1 is 1.19 bits per heavy atom. The summed E-state index contributed by atoms with van der Waals surface area (Å²) in [4.78, 5) is 14.7. The van der Waals surface area contributed by atoms with Crippen molar-refractivity contribution in [1.29, 1.82) is 0 Å². The second-order valence-electron chi connectivity index (χ2n) is 7.53. The predicted octanol–water partition coefficient (Wildman–Crippen LogP) is 3.63. The van der Waals surface area contributed by atoms with Crippen molar-refractivity contribution in [1.82, 2.24) is 19.9 Å². The van der Waals surface area contributed by atoms with Gasteiger partial charge in [-0.25, -0.2) is 9.37 Å². The molecule has 4 rings (SSSR count). The Hall–Kier alpha value is -2.67. The molecule has 0 unspecified atom stereocenters. The molecule has 0 saturated heterocycles. The minimum atomic E-state index is -0.412. The molecule has 4 N–H and O–H groups in total. The summed E-state index contributed by atoms with van der Waals surface area (Å²) in [6, 6.07) is 7.72. The highest BCUT2D eigenvalue weighted by Crippen LogP contribution is 2.27. The number of halogens is 1. The third-order valence-electron chi connectivity index (χ3n) is 5.44. The standard InChI is InChI=1S/C20H25FN6/c1-27(2)15-6-4-14(5-7-15)24-20-23-11-13-10-18(25-19(13)26-20)12-3-8-16(21)17(22)9-12/h3,8-11,14-15H,4-7,22H2,1-2H3,(H2,23,24,25,26). The highest BCUT2D eigenvalue weighted by molar-refractivity contribution is 5.83. The molecule has 0 atom stereocenters. The van der Waals surface area contributed by atoms with E-state index in [1.165, 1.54) is 18.9 Å².